The molecular formula is C7H14N. The van der Waals surface area contributed by atoms with Crippen LogP contribution in [0, 0.1) is 6.58 Å². The molecule has 0 spiro atoms. The van der Waals surface area contributed by atoms with E-state index in [-0.39, 0.29) is 0 Å². The average molecular weight is 112 g/mol. The molecule has 0 unspecified atom stereocenters. The number of rotatable bonds is 4. The molecule has 8 heavy (non-hydrogen) atoms. The summed E-state index contributed by atoms with van der Waals surface area (Å²) in [5.41, 5.74) is 0.895. The molecule has 0 heterocycles. The highest BCUT2D eigenvalue weighted by Crippen LogP contribution is 1.98. The first-order valence-electron chi connectivity index (χ1n) is 3.10. The van der Waals surface area contributed by atoms with Gasteiger partial charge in [0.05, 0.1) is 0 Å². The van der Waals surface area contributed by atoms with E-state index >= 15 is 0 Å². The van der Waals surface area contributed by atoms with Crippen LogP contribution in [0.5, 0.6) is 0 Å². The van der Waals surface area contributed by atoms with Crippen LogP contribution in [0.2, 0.25) is 0 Å². The Hall–Kier alpha value is -0.460. The largest absolute Gasteiger partial charge is 0.391 e. The zero-order chi connectivity index (χ0) is 6.41. The van der Waals surface area contributed by atoms with Crippen molar-refractivity contribution in [3.05, 3.63) is 12.3 Å². The summed E-state index contributed by atoms with van der Waals surface area (Å²) in [6, 6.07) is 0. The summed E-state index contributed by atoms with van der Waals surface area (Å²) >= 11 is 0. The molecule has 0 amide bonds. The van der Waals surface area contributed by atoms with Crippen LogP contribution in [-0.4, -0.2) is 7.05 Å². The predicted octanol–water partition coefficient (Wildman–Crippen LogP) is 1.71. The summed E-state index contributed by atoms with van der Waals surface area (Å²) in [6.07, 6.45) is 3.40. The smallest absolute Gasteiger partial charge is 0.0105 e. The molecule has 0 atom stereocenters. The number of hydrogen-bond acceptors (Lipinski definition) is 1. The third-order valence-electron chi connectivity index (χ3n) is 1.12. The van der Waals surface area contributed by atoms with Crippen molar-refractivity contribution >= 4 is 0 Å². The molecule has 0 bridgehead atoms. The summed E-state index contributed by atoms with van der Waals surface area (Å²) < 4.78 is 0. The van der Waals surface area contributed by atoms with Gasteiger partial charge in [-0.25, -0.2) is 0 Å². The van der Waals surface area contributed by atoms with E-state index in [4.69, 9.17) is 6.58 Å². The van der Waals surface area contributed by atoms with Crippen LogP contribution in [0.25, 0.3) is 0 Å². The fourth-order valence-electron chi connectivity index (χ4n) is 0.492. The first-order chi connectivity index (χ1) is 3.81. The minimum absolute atomic E-state index is 0.895. The first kappa shape index (κ1) is 7.54. The molecule has 0 saturated carbocycles. The molecule has 1 N–H and O–H groups in total. The Labute approximate surface area is 51.8 Å². The van der Waals surface area contributed by atoms with Gasteiger partial charge in [-0.3, -0.25) is 0 Å². The third kappa shape index (κ3) is 3.72. The minimum atomic E-state index is 0.895. The summed E-state index contributed by atoms with van der Waals surface area (Å²) in [4.78, 5) is 0. The molecule has 0 rings (SSSR count). The molecule has 47 valence electrons. The lowest BCUT2D eigenvalue weighted by Crippen LogP contribution is -2.03. The molecular weight excluding hydrogens is 98.1 g/mol. The highest BCUT2D eigenvalue weighted by molar-refractivity contribution is 4.84. The Morgan fingerprint density at radius 1 is 1.62 bits per heavy atom. The maximum Gasteiger partial charge on any atom is 0.0105 e. The summed E-state index contributed by atoms with van der Waals surface area (Å²) in [5, 5.41) is 2.89. The van der Waals surface area contributed by atoms with Crippen molar-refractivity contribution in [1.82, 2.24) is 5.32 Å². The van der Waals surface area contributed by atoms with E-state index < -0.39 is 0 Å². The van der Waals surface area contributed by atoms with Crippen LogP contribution in [0.1, 0.15) is 26.2 Å². The molecule has 0 aromatic carbocycles. The fraction of sp³-hybridized carbons (Fsp3) is 0.714. The molecule has 0 fully saturated rings. The van der Waals surface area contributed by atoms with E-state index in [1.54, 1.807) is 0 Å². The average Bonchev–Trinajstić information content (AvgIpc) is 1.83. The van der Waals surface area contributed by atoms with Gasteiger partial charge in [-0.1, -0.05) is 13.3 Å². The van der Waals surface area contributed by atoms with E-state index in [0.29, 0.717) is 0 Å². The number of allylic oxidation sites excluding steroid dienone is 1. The number of unbranched alkanes of at least 4 members (excludes halogenated alkanes) is 1. The van der Waals surface area contributed by atoms with Crippen molar-refractivity contribution in [2.24, 2.45) is 0 Å². The highest BCUT2D eigenvalue weighted by Gasteiger charge is 1.85. The summed E-state index contributed by atoms with van der Waals surface area (Å²) in [5.74, 6) is 0. The molecule has 0 aliphatic heterocycles. The van der Waals surface area contributed by atoms with Crippen LogP contribution < -0.4 is 5.32 Å². The lowest BCUT2D eigenvalue weighted by molar-refractivity contribution is 0.745. The SMILES string of the molecule is [CH]=C(CCCC)NC. The van der Waals surface area contributed by atoms with Gasteiger partial charge in [-0.05, 0) is 19.4 Å². The first-order valence-corrected chi connectivity index (χ1v) is 3.10. The van der Waals surface area contributed by atoms with Gasteiger partial charge in [-0.2, -0.15) is 0 Å². The van der Waals surface area contributed by atoms with Crippen LogP contribution in [0.3, 0.4) is 0 Å². The molecule has 0 aliphatic carbocycles. The van der Waals surface area contributed by atoms with E-state index in [2.05, 4.69) is 12.2 Å². The van der Waals surface area contributed by atoms with Crippen molar-refractivity contribution in [2.75, 3.05) is 7.05 Å². The molecule has 0 saturated heterocycles. The van der Waals surface area contributed by atoms with Crippen molar-refractivity contribution in [1.29, 1.82) is 0 Å². The Morgan fingerprint density at radius 3 is 2.62 bits per heavy atom. The van der Waals surface area contributed by atoms with Gasteiger partial charge in [0, 0.05) is 12.7 Å². The monoisotopic (exact) mass is 112 g/mol. The molecule has 1 nitrogen and oxygen atoms in total. The lowest BCUT2D eigenvalue weighted by atomic mass is 10.2. The van der Waals surface area contributed by atoms with Gasteiger partial charge < -0.3 is 5.32 Å². The van der Waals surface area contributed by atoms with Crippen molar-refractivity contribution in [3.8, 4) is 0 Å². The van der Waals surface area contributed by atoms with E-state index in [9.17, 15) is 0 Å². The topological polar surface area (TPSA) is 12.0 Å². The number of hydrogen-bond donors (Lipinski definition) is 1. The van der Waals surface area contributed by atoms with E-state index in [0.717, 1.165) is 12.1 Å². The Bertz CT molecular complexity index is 66.8. The summed E-state index contributed by atoms with van der Waals surface area (Å²) in [6.45, 7) is 7.62. The predicted molar refractivity (Wildman–Crippen MR) is 36.4 cm³/mol. The molecule has 0 aromatic heterocycles. The third-order valence-corrected chi connectivity index (χ3v) is 1.12. The summed E-state index contributed by atoms with van der Waals surface area (Å²) in [7, 11) is 1.85. The Morgan fingerprint density at radius 2 is 2.25 bits per heavy atom. The van der Waals surface area contributed by atoms with Gasteiger partial charge in [0.25, 0.3) is 0 Å². The second kappa shape index (κ2) is 4.69. The lowest BCUT2D eigenvalue weighted by Gasteiger charge is -2.00. The number of nitrogens with one attached hydrogen (secondary N) is 1. The molecule has 1 radical (unpaired) electrons. The zero-order valence-corrected chi connectivity index (χ0v) is 5.70. The van der Waals surface area contributed by atoms with Crippen LogP contribution >= 0.6 is 0 Å². The van der Waals surface area contributed by atoms with Gasteiger partial charge in [0.15, 0.2) is 0 Å². The van der Waals surface area contributed by atoms with Crippen molar-refractivity contribution in [2.45, 2.75) is 26.2 Å². The second-order valence-electron chi connectivity index (χ2n) is 1.88. The van der Waals surface area contributed by atoms with Crippen LogP contribution in [0.15, 0.2) is 5.70 Å². The quantitative estimate of drug-likeness (QED) is 0.583. The fourth-order valence-corrected chi connectivity index (χ4v) is 0.492. The van der Waals surface area contributed by atoms with Gasteiger partial charge in [-0.15, -0.1) is 0 Å². The maximum atomic E-state index is 5.46. The van der Waals surface area contributed by atoms with Crippen molar-refractivity contribution < 1.29 is 0 Å². The van der Waals surface area contributed by atoms with Crippen LogP contribution in [-0.2, 0) is 0 Å². The van der Waals surface area contributed by atoms with Gasteiger partial charge in [0.1, 0.15) is 0 Å². The Balaban J connectivity index is 2.99. The van der Waals surface area contributed by atoms with Gasteiger partial charge in [0.2, 0.25) is 0 Å². The highest BCUT2D eigenvalue weighted by atomic mass is 14.8. The molecule has 0 aromatic rings. The Kier molecular flexibility index (Phi) is 4.42. The standard InChI is InChI=1S/C7H14N/c1-4-5-6-7(2)8-3/h2,8H,4-6H2,1,3H3. The maximum absolute atomic E-state index is 5.46. The second-order valence-corrected chi connectivity index (χ2v) is 1.88. The van der Waals surface area contributed by atoms with Crippen molar-refractivity contribution in [3.63, 3.8) is 0 Å². The molecule has 0 aliphatic rings. The van der Waals surface area contributed by atoms with E-state index in [1.165, 1.54) is 12.8 Å². The minimum Gasteiger partial charge on any atom is -0.391 e. The van der Waals surface area contributed by atoms with Crippen LogP contribution in [0.4, 0.5) is 0 Å². The van der Waals surface area contributed by atoms with Gasteiger partial charge >= 0.3 is 0 Å². The zero-order valence-electron chi connectivity index (χ0n) is 5.70. The molecule has 1 heteroatoms. The van der Waals surface area contributed by atoms with E-state index in [1.807, 2.05) is 7.05 Å². The normalized spacial score (nSPS) is 8.75.